The SMILES string of the molecule is COc1cc(C)c(-c2nncc(C)c2C)cn1. The maximum Gasteiger partial charge on any atom is 0.213 e. The molecule has 0 bridgehead atoms. The molecule has 0 saturated carbocycles. The van der Waals surface area contributed by atoms with E-state index in [1.807, 2.05) is 26.8 Å². The second-order valence-corrected chi connectivity index (χ2v) is 4.04. The third kappa shape index (κ3) is 2.11. The van der Waals surface area contributed by atoms with E-state index >= 15 is 0 Å². The maximum atomic E-state index is 5.09. The molecule has 0 aliphatic rings. The fourth-order valence-corrected chi connectivity index (χ4v) is 1.68. The van der Waals surface area contributed by atoms with Crippen LogP contribution >= 0.6 is 0 Å². The Morgan fingerprint density at radius 2 is 1.82 bits per heavy atom. The van der Waals surface area contributed by atoms with E-state index in [4.69, 9.17) is 4.74 Å². The first kappa shape index (κ1) is 11.5. The molecule has 0 aromatic carbocycles. The molecule has 0 fully saturated rings. The zero-order valence-corrected chi connectivity index (χ0v) is 10.5. The molecule has 17 heavy (non-hydrogen) atoms. The molecule has 0 unspecified atom stereocenters. The summed E-state index contributed by atoms with van der Waals surface area (Å²) >= 11 is 0. The van der Waals surface area contributed by atoms with Crippen molar-refractivity contribution in [2.45, 2.75) is 20.8 Å². The van der Waals surface area contributed by atoms with Crippen LogP contribution in [0.2, 0.25) is 0 Å². The molecular formula is C13H15N3O. The molecule has 0 radical (unpaired) electrons. The van der Waals surface area contributed by atoms with Crippen molar-refractivity contribution < 1.29 is 4.74 Å². The number of aryl methyl sites for hydroxylation is 2. The number of aromatic nitrogens is 3. The zero-order chi connectivity index (χ0) is 12.4. The van der Waals surface area contributed by atoms with Crippen LogP contribution in [0.3, 0.4) is 0 Å². The summed E-state index contributed by atoms with van der Waals surface area (Å²) in [5, 5.41) is 8.19. The summed E-state index contributed by atoms with van der Waals surface area (Å²) in [6, 6.07) is 1.90. The minimum absolute atomic E-state index is 0.615. The number of pyridine rings is 1. The van der Waals surface area contributed by atoms with Crippen molar-refractivity contribution in [2.75, 3.05) is 7.11 Å². The van der Waals surface area contributed by atoms with Crippen LogP contribution in [-0.2, 0) is 0 Å². The van der Waals surface area contributed by atoms with E-state index in [1.165, 1.54) is 0 Å². The van der Waals surface area contributed by atoms with E-state index in [-0.39, 0.29) is 0 Å². The number of rotatable bonds is 2. The summed E-state index contributed by atoms with van der Waals surface area (Å²) < 4.78 is 5.09. The van der Waals surface area contributed by atoms with Crippen molar-refractivity contribution in [2.24, 2.45) is 0 Å². The number of nitrogens with zero attached hydrogens (tertiary/aromatic N) is 3. The van der Waals surface area contributed by atoms with Crippen LogP contribution in [0.15, 0.2) is 18.5 Å². The molecule has 4 nitrogen and oxygen atoms in total. The zero-order valence-electron chi connectivity index (χ0n) is 10.5. The Balaban J connectivity index is 2.57. The molecule has 0 N–H and O–H groups in total. The molecule has 0 spiro atoms. The molecule has 88 valence electrons. The van der Waals surface area contributed by atoms with Gasteiger partial charge in [-0.05, 0) is 37.5 Å². The first-order valence-electron chi connectivity index (χ1n) is 5.43. The van der Waals surface area contributed by atoms with Crippen LogP contribution in [0.1, 0.15) is 16.7 Å². The minimum Gasteiger partial charge on any atom is -0.481 e. The molecule has 0 aliphatic heterocycles. The molecule has 2 rings (SSSR count). The highest BCUT2D eigenvalue weighted by atomic mass is 16.5. The second-order valence-electron chi connectivity index (χ2n) is 4.04. The Kier molecular flexibility index (Phi) is 3.04. The van der Waals surface area contributed by atoms with Crippen molar-refractivity contribution in [3.63, 3.8) is 0 Å². The third-order valence-corrected chi connectivity index (χ3v) is 2.91. The molecule has 2 aromatic rings. The average Bonchev–Trinajstić information content (AvgIpc) is 2.33. The van der Waals surface area contributed by atoms with Crippen LogP contribution in [-0.4, -0.2) is 22.3 Å². The van der Waals surface area contributed by atoms with Crippen LogP contribution in [0.25, 0.3) is 11.3 Å². The van der Waals surface area contributed by atoms with Gasteiger partial charge in [-0.2, -0.15) is 10.2 Å². The predicted octanol–water partition coefficient (Wildman–Crippen LogP) is 2.47. The van der Waals surface area contributed by atoms with Crippen LogP contribution < -0.4 is 4.74 Å². The summed E-state index contributed by atoms with van der Waals surface area (Å²) in [5.74, 6) is 0.615. The van der Waals surface area contributed by atoms with Crippen molar-refractivity contribution >= 4 is 0 Å². The molecule has 0 saturated heterocycles. The largest absolute Gasteiger partial charge is 0.481 e. The van der Waals surface area contributed by atoms with Gasteiger partial charge in [0.2, 0.25) is 5.88 Å². The van der Waals surface area contributed by atoms with Crippen molar-refractivity contribution in [3.8, 4) is 17.1 Å². The summed E-state index contributed by atoms with van der Waals surface area (Å²) in [6.45, 7) is 6.09. The summed E-state index contributed by atoms with van der Waals surface area (Å²) in [4.78, 5) is 4.22. The Morgan fingerprint density at radius 1 is 1.06 bits per heavy atom. The van der Waals surface area contributed by atoms with Gasteiger partial charge in [-0.3, -0.25) is 0 Å². The molecule has 0 amide bonds. The van der Waals surface area contributed by atoms with E-state index < -0.39 is 0 Å². The van der Waals surface area contributed by atoms with Gasteiger partial charge in [0, 0.05) is 17.8 Å². The summed E-state index contributed by atoms with van der Waals surface area (Å²) in [5.41, 5.74) is 5.23. The number of hydrogen-bond donors (Lipinski definition) is 0. The van der Waals surface area contributed by atoms with Crippen molar-refractivity contribution in [1.82, 2.24) is 15.2 Å². The van der Waals surface area contributed by atoms with Gasteiger partial charge < -0.3 is 4.74 Å². The van der Waals surface area contributed by atoms with Crippen LogP contribution in [0, 0.1) is 20.8 Å². The first-order chi connectivity index (χ1) is 8.13. The highest BCUT2D eigenvalue weighted by molar-refractivity contribution is 5.66. The maximum absolute atomic E-state index is 5.09. The van der Waals surface area contributed by atoms with E-state index in [1.54, 1.807) is 19.5 Å². The Bertz CT molecular complexity index is 552. The van der Waals surface area contributed by atoms with Gasteiger partial charge in [-0.15, -0.1) is 0 Å². The molecule has 0 aliphatic carbocycles. The Morgan fingerprint density at radius 3 is 2.47 bits per heavy atom. The third-order valence-electron chi connectivity index (χ3n) is 2.91. The van der Waals surface area contributed by atoms with Gasteiger partial charge in [-0.1, -0.05) is 0 Å². The lowest BCUT2D eigenvalue weighted by Gasteiger charge is -2.09. The number of hydrogen-bond acceptors (Lipinski definition) is 4. The van der Waals surface area contributed by atoms with Gasteiger partial charge in [0.1, 0.15) is 0 Å². The van der Waals surface area contributed by atoms with Crippen molar-refractivity contribution in [1.29, 1.82) is 0 Å². The molecule has 2 aromatic heterocycles. The number of methoxy groups -OCH3 is 1. The smallest absolute Gasteiger partial charge is 0.213 e. The minimum atomic E-state index is 0.615. The number of ether oxygens (including phenoxy) is 1. The van der Waals surface area contributed by atoms with E-state index in [0.717, 1.165) is 27.9 Å². The summed E-state index contributed by atoms with van der Waals surface area (Å²) in [6.07, 6.45) is 3.55. The average molecular weight is 229 g/mol. The Hall–Kier alpha value is -1.97. The van der Waals surface area contributed by atoms with E-state index in [9.17, 15) is 0 Å². The normalized spacial score (nSPS) is 10.4. The fourth-order valence-electron chi connectivity index (χ4n) is 1.68. The van der Waals surface area contributed by atoms with Crippen molar-refractivity contribution in [3.05, 3.63) is 35.2 Å². The van der Waals surface area contributed by atoms with Gasteiger partial charge in [0.25, 0.3) is 0 Å². The highest BCUT2D eigenvalue weighted by Gasteiger charge is 2.10. The lowest BCUT2D eigenvalue weighted by molar-refractivity contribution is 0.397. The van der Waals surface area contributed by atoms with Crippen LogP contribution in [0.4, 0.5) is 0 Å². The fraction of sp³-hybridized carbons (Fsp3) is 0.308. The molecule has 0 atom stereocenters. The standard InChI is InChI=1S/C13H15N3O/c1-8-5-12(17-4)14-7-11(8)13-10(3)9(2)6-15-16-13/h5-7H,1-4H3. The topological polar surface area (TPSA) is 47.9 Å². The lowest BCUT2D eigenvalue weighted by atomic mass is 10.0. The van der Waals surface area contributed by atoms with E-state index in [2.05, 4.69) is 15.2 Å². The highest BCUT2D eigenvalue weighted by Crippen LogP contribution is 2.26. The predicted molar refractivity (Wildman–Crippen MR) is 66.0 cm³/mol. The van der Waals surface area contributed by atoms with Gasteiger partial charge in [-0.25, -0.2) is 4.98 Å². The second kappa shape index (κ2) is 4.49. The first-order valence-corrected chi connectivity index (χ1v) is 5.43. The van der Waals surface area contributed by atoms with Gasteiger partial charge in [0.15, 0.2) is 0 Å². The quantitative estimate of drug-likeness (QED) is 0.793. The van der Waals surface area contributed by atoms with E-state index in [0.29, 0.717) is 5.88 Å². The van der Waals surface area contributed by atoms with Crippen LogP contribution in [0.5, 0.6) is 5.88 Å². The monoisotopic (exact) mass is 229 g/mol. The van der Waals surface area contributed by atoms with Gasteiger partial charge >= 0.3 is 0 Å². The molecular weight excluding hydrogens is 214 g/mol. The molecule has 2 heterocycles. The molecule has 4 heteroatoms. The Labute approximate surface area is 101 Å². The van der Waals surface area contributed by atoms with Gasteiger partial charge in [0.05, 0.1) is 19.0 Å². The lowest BCUT2D eigenvalue weighted by Crippen LogP contribution is -1.98. The summed E-state index contributed by atoms with van der Waals surface area (Å²) in [7, 11) is 1.61.